The van der Waals surface area contributed by atoms with Crippen LogP contribution in [0.4, 0.5) is 5.69 Å². The van der Waals surface area contributed by atoms with E-state index in [1.807, 2.05) is 16.7 Å². The van der Waals surface area contributed by atoms with Crippen molar-refractivity contribution in [3.8, 4) is 17.2 Å². The molecule has 1 N–H and O–H groups in total. The quantitative estimate of drug-likeness (QED) is 0.369. The van der Waals surface area contributed by atoms with E-state index in [9.17, 15) is 4.79 Å². The lowest BCUT2D eigenvalue weighted by molar-refractivity contribution is -0.113. The van der Waals surface area contributed by atoms with Gasteiger partial charge in [-0.1, -0.05) is 44.7 Å². The van der Waals surface area contributed by atoms with Crippen molar-refractivity contribution in [2.45, 2.75) is 45.5 Å². The molecule has 3 aromatic rings. The molecular formula is C25H32N4O4S. The molecule has 34 heavy (non-hydrogen) atoms. The average molecular weight is 485 g/mol. The molecule has 1 aromatic heterocycles. The Morgan fingerprint density at radius 1 is 1.06 bits per heavy atom. The van der Waals surface area contributed by atoms with Crippen LogP contribution in [0.5, 0.6) is 17.2 Å². The molecule has 0 radical (unpaired) electrons. The fourth-order valence-corrected chi connectivity index (χ4v) is 4.05. The molecule has 0 aliphatic heterocycles. The van der Waals surface area contributed by atoms with Crippen molar-refractivity contribution in [2.24, 2.45) is 5.92 Å². The van der Waals surface area contributed by atoms with Crippen LogP contribution in [0.25, 0.3) is 0 Å². The summed E-state index contributed by atoms with van der Waals surface area (Å²) in [6.45, 7) is 7.42. The number of rotatable bonds is 12. The molecule has 0 bridgehead atoms. The monoisotopic (exact) mass is 484 g/mol. The Morgan fingerprint density at radius 3 is 2.44 bits per heavy atom. The molecule has 0 aliphatic carbocycles. The summed E-state index contributed by atoms with van der Waals surface area (Å²) in [4.78, 5) is 12.6. The number of nitrogens with zero attached hydrogens (tertiary/aromatic N) is 3. The van der Waals surface area contributed by atoms with E-state index in [0.29, 0.717) is 34.9 Å². The molecule has 0 spiro atoms. The zero-order chi connectivity index (χ0) is 24.5. The second-order valence-electron chi connectivity index (χ2n) is 8.09. The van der Waals surface area contributed by atoms with Gasteiger partial charge in [0.2, 0.25) is 5.91 Å². The Labute approximate surface area is 205 Å². The highest BCUT2D eigenvalue weighted by Gasteiger charge is 2.17. The average Bonchev–Trinajstić information content (AvgIpc) is 3.22. The van der Waals surface area contributed by atoms with Crippen molar-refractivity contribution in [1.82, 2.24) is 14.8 Å². The van der Waals surface area contributed by atoms with Gasteiger partial charge in [-0.25, -0.2) is 0 Å². The number of ether oxygens (including phenoxy) is 3. The van der Waals surface area contributed by atoms with Gasteiger partial charge in [-0.3, -0.25) is 4.79 Å². The highest BCUT2D eigenvalue weighted by atomic mass is 32.2. The van der Waals surface area contributed by atoms with Crippen LogP contribution < -0.4 is 19.5 Å². The van der Waals surface area contributed by atoms with Gasteiger partial charge < -0.3 is 24.1 Å². The van der Waals surface area contributed by atoms with Gasteiger partial charge >= 0.3 is 0 Å². The van der Waals surface area contributed by atoms with Crippen LogP contribution in [0.1, 0.15) is 32.2 Å². The molecule has 1 heterocycles. The Kier molecular flexibility index (Phi) is 9.21. The van der Waals surface area contributed by atoms with Crippen molar-refractivity contribution in [1.29, 1.82) is 0 Å². The summed E-state index contributed by atoms with van der Waals surface area (Å²) in [6.07, 6.45) is 0.988. The SMILES string of the molecule is CCc1ccc(OCc2nnc(SCC(=O)Nc3cc(OC)ccc3OC)n2CC(C)C)cc1. The maximum Gasteiger partial charge on any atom is 0.234 e. The zero-order valence-electron chi connectivity index (χ0n) is 20.3. The van der Waals surface area contributed by atoms with E-state index < -0.39 is 0 Å². The number of benzene rings is 2. The van der Waals surface area contributed by atoms with Crippen molar-refractivity contribution in [2.75, 3.05) is 25.3 Å². The normalized spacial score (nSPS) is 10.9. The molecule has 2 aromatic carbocycles. The molecule has 8 nitrogen and oxygen atoms in total. The molecule has 9 heteroatoms. The first-order valence-electron chi connectivity index (χ1n) is 11.2. The summed E-state index contributed by atoms with van der Waals surface area (Å²) in [5.74, 6) is 3.10. The molecule has 0 atom stereocenters. The van der Waals surface area contributed by atoms with Crippen LogP contribution in [-0.4, -0.2) is 40.6 Å². The van der Waals surface area contributed by atoms with E-state index in [2.05, 4.69) is 48.4 Å². The third kappa shape index (κ3) is 6.90. The molecule has 182 valence electrons. The van der Waals surface area contributed by atoms with Gasteiger partial charge in [-0.2, -0.15) is 0 Å². The zero-order valence-corrected chi connectivity index (χ0v) is 21.1. The third-order valence-corrected chi connectivity index (χ3v) is 6.02. The number of nitrogens with one attached hydrogen (secondary N) is 1. The van der Waals surface area contributed by atoms with Gasteiger partial charge in [-0.05, 0) is 42.2 Å². The third-order valence-electron chi connectivity index (χ3n) is 5.05. The molecule has 0 saturated heterocycles. The first kappa shape index (κ1) is 25.4. The molecule has 1 amide bonds. The lowest BCUT2D eigenvalue weighted by atomic mass is 10.2. The van der Waals surface area contributed by atoms with E-state index in [1.54, 1.807) is 32.4 Å². The Bertz CT molecular complexity index is 1080. The maximum absolute atomic E-state index is 12.6. The molecular weight excluding hydrogens is 452 g/mol. The summed E-state index contributed by atoms with van der Waals surface area (Å²) in [5.41, 5.74) is 1.82. The number of thioether (sulfide) groups is 1. The van der Waals surface area contributed by atoms with Crippen LogP contribution >= 0.6 is 11.8 Å². The first-order valence-corrected chi connectivity index (χ1v) is 12.2. The van der Waals surface area contributed by atoms with Crippen molar-refractivity contribution >= 4 is 23.4 Å². The van der Waals surface area contributed by atoms with Crippen LogP contribution in [0.3, 0.4) is 0 Å². The minimum Gasteiger partial charge on any atom is -0.497 e. The van der Waals surface area contributed by atoms with Gasteiger partial charge in [0.15, 0.2) is 11.0 Å². The van der Waals surface area contributed by atoms with Crippen LogP contribution in [0, 0.1) is 5.92 Å². The van der Waals surface area contributed by atoms with Crippen molar-refractivity contribution < 1.29 is 19.0 Å². The maximum atomic E-state index is 12.6. The first-order chi connectivity index (χ1) is 16.4. The minimum absolute atomic E-state index is 0.176. The number of hydrogen-bond acceptors (Lipinski definition) is 7. The van der Waals surface area contributed by atoms with Gasteiger partial charge in [0, 0.05) is 12.6 Å². The fourth-order valence-electron chi connectivity index (χ4n) is 3.28. The Hall–Kier alpha value is -3.20. The minimum atomic E-state index is -0.176. The van der Waals surface area contributed by atoms with Crippen molar-refractivity contribution in [3.05, 3.63) is 53.9 Å². The number of amides is 1. The Balaban J connectivity index is 1.65. The van der Waals surface area contributed by atoms with E-state index in [1.165, 1.54) is 17.3 Å². The molecule has 0 fully saturated rings. The molecule has 0 saturated carbocycles. The number of methoxy groups -OCH3 is 2. The molecule has 0 unspecified atom stereocenters. The predicted molar refractivity (Wildman–Crippen MR) is 134 cm³/mol. The van der Waals surface area contributed by atoms with Crippen LogP contribution in [-0.2, 0) is 24.4 Å². The highest BCUT2D eigenvalue weighted by Crippen LogP contribution is 2.29. The number of carbonyl (C=O) groups excluding carboxylic acids is 1. The Morgan fingerprint density at radius 2 is 1.79 bits per heavy atom. The van der Waals surface area contributed by atoms with E-state index in [-0.39, 0.29) is 11.7 Å². The number of aromatic nitrogens is 3. The van der Waals surface area contributed by atoms with Gasteiger partial charge in [0.1, 0.15) is 23.9 Å². The highest BCUT2D eigenvalue weighted by molar-refractivity contribution is 7.99. The number of hydrogen-bond donors (Lipinski definition) is 1. The summed E-state index contributed by atoms with van der Waals surface area (Å²) in [5, 5.41) is 12.2. The largest absolute Gasteiger partial charge is 0.497 e. The second-order valence-corrected chi connectivity index (χ2v) is 9.03. The number of anilines is 1. The lowest BCUT2D eigenvalue weighted by Gasteiger charge is -2.14. The summed E-state index contributed by atoms with van der Waals surface area (Å²) < 4.78 is 18.5. The van der Waals surface area contributed by atoms with Crippen molar-refractivity contribution in [3.63, 3.8) is 0 Å². The van der Waals surface area contributed by atoms with Gasteiger partial charge in [-0.15, -0.1) is 10.2 Å². The fraction of sp³-hybridized carbons (Fsp3) is 0.400. The number of aryl methyl sites for hydroxylation is 1. The van der Waals surface area contributed by atoms with Crippen LogP contribution in [0.2, 0.25) is 0 Å². The van der Waals surface area contributed by atoms with E-state index in [4.69, 9.17) is 14.2 Å². The van der Waals surface area contributed by atoms with E-state index in [0.717, 1.165) is 24.5 Å². The standard InChI is InChI=1S/C25H32N4O4S/c1-6-18-7-9-19(10-8-18)33-15-23-27-28-25(29(23)14-17(2)3)34-16-24(30)26-21-13-20(31-4)11-12-22(21)32-5/h7-13,17H,6,14-16H2,1-5H3,(H,26,30). The summed E-state index contributed by atoms with van der Waals surface area (Å²) >= 11 is 1.34. The molecule has 3 rings (SSSR count). The van der Waals surface area contributed by atoms with E-state index >= 15 is 0 Å². The lowest BCUT2D eigenvalue weighted by Crippen LogP contribution is -2.16. The van der Waals surface area contributed by atoms with Gasteiger partial charge in [0.25, 0.3) is 0 Å². The molecule has 0 aliphatic rings. The summed E-state index contributed by atoms with van der Waals surface area (Å²) in [7, 11) is 3.13. The number of carbonyl (C=O) groups is 1. The summed E-state index contributed by atoms with van der Waals surface area (Å²) in [6, 6.07) is 13.3. The second kappa shape index (κ2) is 12.3. The van der Waals surface area contributed by atoms with Gasteiger partial charge in [0.05, 0.1) is 25.7 Å². The topological polar surface area (TPSA) is 87.5 Å². The van der Waals surface area contributed by atoms with Crippen LogP contribution in [0.15, 0.2) is 47.6 Å². The predicted octanol–water partition coefficient (Wildman–Crippen LogP) is 4.82. The smallest absolute Gasteiger partial charge is 0.234 e.